The van der Waals surface area contributed by atoms with E-state index < -0.39 is 0 Å². The average molecular weight is 406 g/mol. The summed E-state index contributed by atoms with van der Waals surface area (Å²) in [7, 11) is 0. The molecular weight excluding hydrogens is 390 g/mol. The van der Waals surface area contributed by atoms with Gasteiger partial charge in [0.15, 0.2) is 10.6 Å². The minimum absolute atomic E-state index is 0.0707. The second kappa shape index (κ2) is 8.65. The van der Waals surface area contributed by atoms with Crippen LogP contribution in [0.2, 0.25) is 5.02 Å². The van der Waals surface area contributed by atoms with Crippen LogP contribution in [0.3, 0.4) is 0 Å². The van der Waals surface area contributed by atoms with E-state index >= 15 is 0 Å². The third-order valence-corrected chi connectivity index (χ3v) is 4.21. The Bertz CT molecular complexity index is 979. The van der Waals surface area contributed by atoms with Crippen molar-refractivity contribution < 1.29 is 14.0 Å². The molecular formula is C17H16ClN5O3S. The number of rotatable bonds is 7. The summed E-state index contributed by atoms with van der Waals surface area (Å²) in [4.78, 5) is 24.0. The molecule has 140 valence electrons. The van der Waals surface area contributed by atoms with Crippen LogP contribution in [-0.4, -0.2) is 33.1 Å². The van der Waals surface area contributed by atoms with E-state index in [-0.39, 0.29) is 31.4 Å². The van der Waals surface area contributed by atoms with Gasteiger partial charge in [0.05, 0.1) is 19.4 Å². The molecule has 3 aromatic rings. The molecule has 0 radical (unpaired) electrons. The Kier molecular flexibility index (Phi) is 6.05. The van der Waals surface area contributed by atoms with Gasteiger partial charge in [-0.15, -0.1) is 0 Å². The van der Waals surface area contributed by atoms with Crippen molar-refractivity contribution >= 4 is 35.6 Å². The van der Waals surface area contributed by atoms with Crippen LogP contribution in [0.4, 0.5) is 0 Å². The van der Waals surface area contributed by atoms with E-state index in [1.807, 2.05) is 0 Å². The van der Waals surface area contributed by atoms with Crippen LogP contribution in [0.5, 0.6) is 0 Å². The summed E-state index contributed by atoms with van der Waals surface area (Å²) in [5.74, 6) is 0.449. The summed E-state index contributed by atoms with van der Waals surface area (Å²) in [6.07, 6.45) is 1.52. The maximum absolute atomic E-state index is 12.2. The third-order valence-electron chi connectivity index (χ3n) is 3.65. The van der Waals surface area contributed by atoms with Gasteiger partial charge >= 0.3 is 0 Å². The molecule has 0 spiro atoms. The van der Waals surface area contributed by atoms with Crippen molar-refractivity contribution in [2.45, 2.75) is 13.1 Å². The highest BCUT2D eigenvalue weighted by molar-refractivity contribution is 7.71. The lowest BCUT2D eigenvalue weighted by atomic mass is 10.2. The van der Waals surface area contributed by atoms with E-state index in [1.165, 1.54) is 6.26 Å². The number of hydrogen-bond acceptors (Lipinski definition) is 5. The number of benzene rings is 1. The molecule has 2 amide bonds. The van der Waals surface area contributed by atoms with Crippen molar-refractivity contribution in [3.05, 3.63) is 58.2 Å². The maximum atomic E-state index is 12.2. The Morgan fingerprint density at radius 2 is 1.96 bits per heavy atom. The van der Waals surface area contributed by atoms with E-state index in [2.05, 4.69) is 20.8 Å². The number of H-pyrrole nitrogens is 1. The predicted molar refractivity (Wildman–Crippen MR) is 101 cm³/mol. The van der Waals surface area contributed by atoms with Gasteiger partial charge in [-0.1, -0.05) is 11.6 Å². The molecule has 0 aliphatic heterocycles. The highest BCUT2D eigenvalue weighted by Crippen LogP contribution is 2.19. The standard InChI is InChI=1S/C17H16ClN5O3S/c18-12-5-3-11(4-6-12)16-21-22-17(27)23(16)10-15(25)20-9-14(24)19-8-13-2-1-7-26-13/h1-7H,8-10H2,(H,19,24)(H,20,25)(H,22,27). The molecule has 0 atom stereocenters. The van der Waals surface area contributed by atoms with Crippen molar-refractivity contribution in [2.24, 2.45) is 0 Å². The van der Waals surface area contributed by atoms with Crippen LogP contribution >= 0.6 is 23.8 Å². The summed E-state index contributed by atoms with van der Waals surface area (Å²) >= 11 is 11.1. The topological polar surface area (TPSA) is 105 Å². The van der Waals surface area contributed by atoms with E-state index in [1.54, 1.807) is 41.0 Å². The zero-order valence-corrected chi connectivity index (χ0v) is 15.6. The maximum Gasteiger partial charge on any atom is 0.240 e. The quantitative estimate of drug-likeness (QED) is 0.523. The number of amides is 2. The fraction of sp³-hybridized carbons (Fsp3) is 0.176. The van der Waals surface area contributed by atoms with Gasteiger partial charge in [0.25, 0.3) is 0 Å². The molecule has 8 nitrogen and oxygen atoms in total. The molecule has 2 aromatic heterocycles. The molecule has 10 heteroatoms. The van der Waals surface area contributed by atoms with E-state index in [9.17, 15) is 9.59 Å². The number of aromatic nitrogens is 3. The smallest absolute Gasteiger partial charge is 0.240 e. The van der Waals surface area contributed by atoms with Gasteiger partial charge in [0.2, 0.25) is 11.8 Å². The summed E-state index contributed by atoms with van der Waals surface area (Å²) in [5, 5.41) is 12.6. The molecule has 0 fully saturated rings. The zero-order chi connectivity index (χ0) is 19.2. The van der Waals surface area contributed by atoms with Crippen molar-refractivity contribution in [1.82, 2.24) is 25.4 Å². The molecule has 0 aliphatic rings. The number of halogens is 1. The first-order chi connectivity index (χ1) is 13.0. The zero-order valence-electron chi connectivity index (χ0n) is 14.1. The Balaban J connectivity index is 1.56. The number of aromatic amines is 1. The Labute approximate surface area is 164 Å². The molecule has 0 bridgehead atoms. The van der Waals surface area contributed by atoms with Gasteiger partial charge < -0.3 is 15.1 Å². The monoisotopic (exact) mass is 405 g/mol. The van der Waals surface area contributed by atoms with Crippen LogP contribution < -0.4 is 10.6 Å². The van der Waals surface area contributed by atoms with Gasteiger partial charge in [0, 0.05) is 10.6 Å². The number of nitrogens with one attached hydrogen (secondary N) is 3. The van der Waals surface area contributed by atoms with Crippen molar-refractivity contribution in [3.8, 4) is 11.4 Å². The highest BCUT2D eigenvalue weighted by Gasteiger charge is 2.13. The summed E-state index contributed by atoms with van der Waals surface area (Å²) in [6.45, 7) is 0.0367. The average Bonchev–Trinajstić information content (AvgIpc) is 3.30. The first-order valence-corrected chi connectivity index (χ1v) is 8.78. The normalized spacial score (nSPS) is 10.6. The minimum Gasteiger partial charge on any atom is -0.467 e. The fourth-order valence-electron chi connectivity index (χ4n) is 2.32. The van der Waals surface area contributed by atoms with Crippen LogP contribution in [0.1, 0.15) is 5.76 Å². The predicted octanol–water partition coefficient (Wildman–Crippen LogP) is 2.29. The minimum atomic E-state index is -0.365. The Morgan fingerprint density at radius 1 is 1.19 bits per heavy atom. The lowest BCUT2D eigenvalue weighted by Crippen LogP contribution is -2.38. The summed E-state index contributed by atoms with van der Waals surface area (Å²) in [6, 6.07) is 10.5. The second-order valence-electron chi connectivity index (χ2n) is 5.58. The molecule has 0 aliphatic carbocycles. The molecule has 0 saturated heterocycles. The van der Waals surface area contributed by atoms with Crippen molar-refractivity contribution in [1.29, 1.82) is 0 Å². The van der Waals surface area contributed by atoms with Gasteiger partial charge in [-0.25, -0.2) is 0 Å². The molecule has 3 N–H and O–H groups in total. The van der Waals surface area contributed by atoms with Gasteiger partial charge in [-0.3, -0.25) is 19.3 Å². The summed E-state index contributed by atoms with van der Waals surface area (Å²) in [5.41, 5.74) is 0.760. The lowest BCUT2D eigenvalue weighted by molar-refractivity contribution is -0.126. The van der Waals surface area contributed by atoms with E-state index in [0.29, 0.717) is 21.4 Å². The first-order valence-electron chi connectivity index (χ1n) is 8.00. The van der Waals surface area contributed by atoms with Crippen LogP contribution in [-0.2, 0) is 22.7 Å². The Morgan fingerprint density at radius 3 is 2.67 bits per heavy atom. The number of furan rings is 1. The number of carbonyl (C=O) groups excluding carboxylic acids is 2. The molecule has 0 unspecified atom stereocenters. The largest absolute Gasteiger partial charge is 0.467 e. The van der Waals surface area contributed by atoms with Crippen LogP contribution in [0.15, 0.2) is 47.1 Å². The van der Waals surface area contributed by atoms with E-state index in [0.717, 1.165) is 5.56 Å². The first kappa shape index (κ1) is 18.9. The van der Waals surface area contributed by atoms with Crippen molar-refractivity contribution in [3.63, 3.8) is 0 Å². The molecule has 2 heterocycles. The number of carbonyl (C=O) groups is 2. The SMILES string of the molecule is O=C(CNC(=O)Cn1c(-c2ccc(Cl)cc2)n[nH]c1=S)NCc1ccco1. The molecule has 1 aromatic carbocycles. The molecule has 3 rings (SSSR count). The lowest BCUT2D eigenvalue weighted by Gasteiger charge is -2.08. The number of hydrogen-bond donors (Lipinski definition) is 3. The van der Waals surface area contributed by atoms with E-state index in [4.69, 9.17) is 28.2 Å². The van der Waals surface area contributed by atoms with Crippen molar-refractivity contribution in [2.75, 3.05) is 6.54 Å². The number of nitrogens with zero attached hydrogens (tertiary/aromatic N) is 2. The Hall–Kier alpha value is -2.91. The fourth-order valence-corrected chi connectivity index (χ4v) is 2.65. The third kappa shape index (κ3) is 5.05. The molecule has 27 heavy (non-hydrogen) atoms. The van der Waals surface area contributed by atoms with Crippen LogP contribution in [0, 0.1) is 4.77 Å². The van der Waals surface area contributed by atoms with Gasteiger partial charge in [0.1, 0.15) is 12.3 Å². The van der Waals surface area contributed by atoms with Crippen LogP contribution in [0.25, 0.3) is 11.4 Å². The summed E-state index contributed by atoms with van der Waals surface area (Å²) < 4.78 is 6.97. The highest BCUT2D eigenvalue weighted by atomic mass is 35.5. The molecule has 0 saturated carbocycles. The second-order valence-corrected chi connectivity index (χ2v) is 6.40. The van der Waals surface area contributed by atoms with Gasteiger partial charge in [-0.05, 0) is 48.6 Å². The van der Waals surface area contributed by atoms with Gasteiger partial charge in [-0.2, -0.15) is 5.10 Å².